The highest BCUT2D eigenvalue weighted by atomic mass is 14.0. The van der Waals surface area contributed by atoms with Gasteiger partial charge in [0.15, 0.2) is 0 Å². The molecule has 0 heterocycles. The minimum atomic E-state index is 1.18. The maximum absolute atomic E-state index is 3.71. The SMILES string of the molecule is C=C/C(C)=C\C=C(/C)c1ccccc1.CC.CC.CC. The highest BCUT2D eigenvalue weighted by molar-refractivity contribution is 5.65. The van der Waals surface area contributed by atoms with Gasteiger partial charge in [0, 0.05) is 0 Å². The van der Waals surface area contributed by atoms with Crippen LogP contribution >= 0.6 is 0 Å². The minimum Gasteiger partial charge on any atom is -0.0988 e. The fraction of sp³-hybridized carbons (Fsp3) is 0.400. The number of allylic oxidation sites excluding steroid dienone is 5. The predicted octanol–water partition coefficient (Wildman–Crippen LogP) is 7.30. The Morgan fingerprint density at radius 2 is 1.25 bits per heavy atom. The van der Waals surface area contributed by atoms with E-state index in [4.69, 9.17) is 0 Å². The molecule has 0 bridgehead atoms. The molecule has 1 rings (SSSR count). The Hall–Kier alpha value is -1.56. The van der Waals surface area contributed by atoms with Gasteiger partial charge in [0.1, 0.15) is 0 Å². The van der Waals surface area contributed by atoms with Gasteiger partial charge in [-0.2, -0.15) is 0 Å². The second-order valence-corrected chi connectivity index (χ2v) is 3.33. The Labute approximate surface area is 127 Å². The van der Waals surface area contributed by atoms with E-state index in [1.807, 2.05) is 60.6 Å². The Morgan fingerprint density at radius 1 is 0.800 bits per heavy atom. The van der Waals surface area contributed by atoms with Crippen LogP contribution < -0.4 is 0 Å². The average Bonchev–Trinajstić information content (AvgIpc) is 2.58. The van der Waals surface area contributed by atoms with Gasteiger partial charge in [-0.15, -0.1) is 0 Å². The molecule has 20 heavy (non-hydrogen) atoms. The third-order valence-corrected chi connectivity index (χ3v) is 2.15. The van der Waals surface area contributed by atoms with Crippen molar-refractivity contribution in [3.63, 3.8) is 0 Å². The van der Waals surface area contributed by atoms with Crippen LogP contribution in [0.25, 0.3) is 5.57 Å². The molecule has 0 amide bonds. The molecule has 0 aliphatic rings. The first-order chi connectivity index (χ1) is 9.74. The number of hydrogen-bond donors (Lipinski definition) is 0. The lowest BCUT2D eigenvalue weighted by Gasteiger charge is -1.98. The summed E-state index contributed by atoms with van der Waals surface area (Å²) in [4.78, 5) is 0. The van der Waals surface area contributed by atoms with Crippen molar-refractivity contribution >= 4 is 5.57 Å². The number of benzene rings is 1. The molecular weight excluding hydrogens is 240 g/mol. The van der Waals surface area contributed by atoms with E-state index in [-0.39, 0.29) is 0 Å². The fourth-order valence-corrected chi connectivity index (χ4v) is 1.12. The molecule has 0 heteroatoms. The van der Waals surface area contributed by atoms with E-state index >= 15 is 0 Å². The lowest BCUT2D eigenvalue weighted by Crippen LogP contribution is -1.76. The quantitative estimate of drug-likeness (QED) is 0.507. The first kappa shape index (κ1) is 23.5. The third kappa shape index (κ3) is 12.9. The molecule has 0 fully saturated rings. The minimum absolute atomic E-state index is 1.18. The fourth-order valence-electron chi connectivity index (χ4n) is 1.12. The predicted molar refractivity (Wildman–Crippen MR) is 98.1 cm³/mol. The molecule has 0 spiro atoms. The van der Waals surface area contributed by atoms with E-state index in [1.165, 1.54) is 16.7 Å². The highest BCUT2D eigenvalue weighted by Gasteiger charge is 1.90. The van der Waals surface area contributed by atoms with Crippen LogP contribution in [0.4, 0.5) is 0 Å². The van der Waals surface area contributed by atoms with Gasteiger partial charge in [0.05, 0.1) is 0 Å². The first-order valence-corrected chi connectivity index (χ1v) is 7.77. The van der Waals surface area contributed by atoms with Gasteiger partial charge < -0.3 is 0 Å². The second-order valence-electron chi connectivity index (χ2n) is 3.33. The monoisotopic (exact) mass is 274 g/mol. The summed E-state index contributed by atoms with van der Waals surface area (Å²) in [5.41, 5.74) is 3.72. The van der Waals surface area contributed by atoms with Crippen molar-refractivity contribution in [1.82, 2.24) is 0 Å². The normalized spacial score (nSPS) is 9.80. The van der Waals surface area contributed by atoms with Crippen LogP contribution in [-0.2, 0) is 0 Å². The van der Waals surface area contributed by atoms with Crippen molar-refractivity contribution in [2.75, 3.05) is 0 Å². The molecule has 0 saturated heterocycles. The van der Waals surface area contributed by atoms with Crippen LogP contribution in [0.1, 0.15) is 61.0 Å². The van der Waals surface area contributed by atoms with Crippen molar-refractivity contribution in [2.45, 2.75) is 55.4 Å². The second kappa shape index (κ2) is 19.8. The van der Waals surface area contributed by atoms with Gasteiger partial charge in [-0.05, 0) is 25.0 Å². The molecule has 0 radical (unpaired) electrons. The molecule has 114 valence electrons. The lowest BCUT2D eigenvalue weighted by molar-refractivity contribution is 1.50. The molecule has 0 atom stereocenters. The van der Waals surface area contributed by atoms with Crippen LogP contribution in [0.15, 0.2) is 60.7 Å². The van der Waals surface area contributed by atoms with Gasteiger partial charge in [-0.25, -0.2) is 0 Å². The molecule has 0 aromatic heterocycles. The molecule has 1 aromatic carbocycles. The summed E-state index contributed by atoms with van der Waals surface area (Å²) in [5.74, 6) is 0. The summed E-state index contributed by atoms with van der Waals surface area (Å²) in [6.07, 6.45) is 6.05. The highest BCUT2D eigenvalue weighted by Crippen LogP contribution is 2.13. The van der Waals surface area contributed by atoms with Crippen LogP contribution in [0.2, 0.25) is 0 Å². The van der Waals surface area contributed by atoms with Crippen molar-refractivity contribution in [1.29, 1.82) is 0 Å². The van der Waals surface area contributed by atoms with Crippen molar-refractivity contribution < 1.29 is 0 Å². The zero-order chi connectivity index (χ0) is 16.4. The standard InChI is InChI=1S/C14H16.3C2H6/c1-4-12(2)10-11-13(3)14-8-6-5-7-9-14;3*1-2/h4-11H,1H2,2-3H3;3*1-2H3/b12-10-,13-11+;;;. The van der Waals surface area contributed by atoms with E-state index in [2.05, 4.69) is 49.9 Å². The van der Waals surface area contributed by atoms with E-state index in [0.717, 1.165) is 0 Å². The topological polar surface area (TPSA) is 0 Å². The van der Waals surface area contributed by atoms with E-state index in [0.29, 0.717) is 0 Å². The Balaban J connectivity index is -0.000000425. The summed E-state index contributed by atoms with van der Waals surface area (Å²) in [6.45, 7) is 19.9. The maximum Gasteiger partial charge on any atom is -0.0227 e. The molecule has 1 aromatic rings. The van der Waals surface area contributed by atoms with Crippen LogP contribution in [0.3, 0.4) is 0 Å². The van der Waals surface area contributed by atoms with Gasteiger partial charge in [-0.3, -0.25) is 0 Å². The van der Waals surface area contributed by atoms with Crippen LogP contribution in [0.5, 0.6) is 0 Å². The molecule has 0 N–H and O–H groups in total. The lowest BCUT2D eigenvalue weighted by atomic mass is 10.1. The van der Waals surface area contributed by atoms with Gasteiger partial charge in [0.25, 0.3) is 0 Å². The zero-order valence-electron chi connectivity index (χ0n) is 14.8. The Morgan fingerprint density at radius 3 is 1.65 bits per heavy atom. The largest absolute Gasteiger partial charge is 0.0988 e. The van der Waals surface area contributed by atoms with Gasteiger partial charge in [0.2, 0.25) is 0 Å². The van der Waals surface area contributed by atoms with E-state index in [1.54, 1.807) is 0 Å². The summed E-state index contributed by atoms with van der Waals surface area (Å²) < 4.78 is 0. The van der Waals surface area contributed by atoms with Crippen LogP contribution in [0, 0.1) is 0 Å². The van der Waals surface area contributed by atoms with Crippen LogP contribution in [-0.4, -0.2) is 0 Å². The van der Waals surface area contributed by atoms with Crippen molar-refractivity contribution in [3.8, 4) is 0 Å². The summed E-state index contributed by atoms with van der Waals surface area (Å²) >= 11 is 0. The molecule has 0 aliphatic carbocycles. The number of rotatable bonds is 3. The number of hydrogen-bond acceptors (Lipinski definition) is 0. The smallest absolute Gasteiger partial charge is 0.0227 e. The van der Waals surface area contributed by atoms with Gasteiger partial charge in [-0.1, -0.05) is 102 Å². The third-order valence-electron chi connectivity index (χ3n) is 2.15. The zero-order valence-corrected chi connectivity index (χ0v) is 14.8. The summed E-state index contributed by atoms with van der Waals surface area (Å²) in [6, 6.07) is 10.4. The molecule has 0 unspecified atom stereocenters. The first-order valence-electron chi connectivity index (χ1n) is 7.77. The van der Waals surface area contributed by atoms with Crippen molar-refractivity contribution in [2.24, 2.45) is 0 Å². The Bertz CT molecular complexity index is 353. The summed E-state index contributed by atoms with van der Waals surface area (Å²) in [7, 11) is 0. The molecule has 0 nitrogen and oxygen atoms in total. The maximum atomic E-state index is 3.71. The molecule has 0 aliphatic heterocycles. The molecule has 0 saturated carbocycles. The molecular formula is C20H34. The Kier molecular flexibility index (Phi) is 23.3. The summed E-state index contributed by atoms with van der Waals surface area (Å²) in [5, 5.41) is 0. The van der Waals surface area contributed by atoms with Crippen molar-refractivity contribution in [3.05, 3.63) is 66.3 Å². The van der Waals surface area contributed by atoms with E-state index in [9.17, 15) is 0 Å². The average molecular weight is 274 g/mol. The van der Waals surface area contributed by atoms with Gasteiger partial charge >= 0.3 is 0 Å². The van der Waals surface area contributed by atoms with E-state index < -0.39 is 0 Å².